The van der Waals surface area contributed by atoms with Crippen LogP contribution >= 0.6 is 11.6 Å². The number of aromatic nitrogens is 3. The van der Waals surface area contributed by atoms with Crippen molar-refractivity contribution in [1.82, 2.24) is 20.1 Å². The van der Waals surface area contributed by atoms with Gasteiger partial charge in [0, 0.05) is 12.1 Å². The fourth-order valence-electron chi connectivity index (χ4n) is 1.58. The summed E-state index contributed by atoms with van der Waals surface area (Å²) in [6, 6.07) is 7.29. The normalized spacial score (nSPS) is 10.3. The maximum atomic E-state index is 12.0. The van der Waals surface area contributed by atoms with Gasteiger partial charge in [0.25, 0.3) is 0 Å². The van der Waals surface area contributed by atoms with Crippen molar-refractivity contribution in [2.24, 2.45) is 0 Å². The highest BCUT2D eigenvalue weighted by molar-refractivity contribution is 6.30. The summed E-state index contributed by atoms with van der Waals surface area (Å²) in [4.78, 5) is 17.5. The van der Waals surface area contributed by atoms with Crippen LogP contribution in [0.2, 0.25) is 5.02 Å². The molecule has 6 heteroatoms. The quantitative estimate of drug-likeness (QED) is 0.914. The summed E-state index contributed by atoms with van der Waals surface area (Å²) in [7, 11) is 1.73. The van der Waals surface area contributed by atoms with Gasteiger partial charge in [-0.2, -0.15) is 5.10 Å². The van der Waals surface area contributed by atoms with Gasteiger partial charge in [-0.1, -0.05) is 23.7 Å². The number of aromatic amines is 1. The largest absolute Gasteiger partial charge is 0.338 e. The lowest BCUT2D eigenvalue weighted by Gasteiger charge is -2.15. The van der Waals surface area contributed by atoms with Crippen LogP contribution in [0.15, 0.2) is 30.6 Å². The number of benzene rings is 1. The summed E-state index contributed by atoms with van der Waals surface area (Å²) >= 11 is 5.87. The van der Waals surface area contributed by atoms with E-state index in [1.54, 1.807) is 24.1 Å². The van der Waals surface area contributed by atoms with E-state index in [1.165, 1.54) is 6.33 Å². The third-order valence-electron chi connectivity index (χ3n) is 2.52. The molecule has 0 bridgehead atoms. The number of rotatable bonds is 4. The molecule has 1 heterocycles. The van der Waals surface area contributed by atoms with Crippen molar-refractivity contribution in [2.45, 2.75) is 13.0 Å². The van der Waals surface area contributed by atoms with Gasteiger partial charge in [-0.15, -0.1) is 0 Å². The molecule has 1 amide bonds. The first kappa shape index (κ1) is 12.6. The van der Waals surface area contributed by atoms with Gasteiger partial charge in [0.2, 0.25) is 5.91 Å². The molecule has 1 aromatic carbocycles. The Bertz CT molecular complexity index is 527. The Balaban J connectivity index is 1.95. The van der Waals surface area contributed by atoms with Crippen LogP contribution in [0.3, 0.4) is 0 Å². The van der Waals surface area contributed by atoms with E-state index >= 15 is 0 Å². The topological polar surface area (TPSA) is 61.9 Å². The molecule has 0 saturated heterocycles. The van der Waals surface area contributed by atoms with Gasteiger partial charge in [0.1, 0.15) is 12.2 Å². The fourth-order valence-corrected chi connectivity index (χ4v) is 1.79. The minimum Gasteiger partial charge on any atom is -0.338 e. The van der Waals surface area contributed by atoms with Crippen LogP contribution in [0.5, 0.6) is 0 Å². The summed E-state index contributed by atoms with van der Waals surface area (Å²) in [5.41, 5.74) is 0.900. The van der Waals surface area contributed by atoms with Crippen LogP contribution in [-0.2, 0) is 17.8 Å². The second-order valence-electron chi connectivity index (χ2n) is 3.99. The van der Waals surface area contributed by atoms with Crippen molar-refractivity contribution in [1.29, 1.82) is 0 Å². The highest BCUT2D eigenvalue weighted by Gasteiger charge is 2.11. The van der Waals surface area contributed by atoms with Gasteiger partial charge in [-0.3, -0.25) is 9.89 Å². The molecule has 0 unspecified atom stereocenters. The van der Waals surface area contributed by atoms with Gasteiger partial charge in [-0.25, -0.2) is 4.98 Å². The van der Waals surface area contributed by atoms with E-state index in [-0.39, 0.29) is 5.91 Å². The highest BCUT2D eigenvalue weighted by atomic mass is 35.5. The molecule has 94 valence electrons. The van der Waals surface area contributed by atoms with Gasteiger partial charge in [0.05, 0.1) is 13.0 Å². The Kier molecular flexibility index (Phi) is 3.94. The van der Waals surface area contributed by atoms with E-state index in [2.05, 4.69) is 15.2 Å². The Labute approximate surface area is 110 Å². The summed E-state index contributed by atoms with van der Waals surface area (Å²) < 4.78 is 0. The Morgan fingerprint density at radius 3 is 3.00 bits per heavy atom. The first-order valence-electron chi connectivity index (χ1n) is 5.48. The lowest BCUT2D eigenvalue weighted by atomic mass is 10.1. The molecule has 2 aromatic rings. The molecule has 0 radical (unpaired) electrons. The maximum Gasteiger partial charge on any atom is 0.227 e. The number of carbonyl (C=O) groups is 1. The summed E-state index contributed by atoms with van der Waals surface area (Å²) in [6.45, 7) is 0.416. The van der Waals surface area contributed by atoms with Crippen molar-refractivity contribution in [3.8, 4) is 0 Å². The second kappa shape index (κ2) is 5.64. The van der Waals surface area contributed by atoms with Gasteiger partial charge in [0.15, 0.2) is 0 Å². The summed E-state index contributed by atoms with van der Waals surface area (Å²) in [5.74, 6) is 0.672. The number of H-pyrrole nitrogens is 1. The van der Waals surface area contributed by atoms with E-state index in [0.717, 1.165) is 5.56 Å². The zero-order valence-corrected chi connectivity index (χ0v) is 10.7. The van der Waals surface area contributed by atoms with E-state index in [0.29, 0.717) is 23.8 Å². The number of hydrogen-bond donors (Lipinski definition) is 1. The number of hydrogen-bond acceptors (Lipinski definition) is 3. The number of amides is 1. The smallest absolute Gasteiger partial charge is 0.227 e. The molecular weight excluding hydrogens is 252 g/mol. The third-order valence-corrected chi connectivity index (χ3v) is 2.76. The molecule has 1 N–H and O–H groups in total. The molecule has 5 nitrogen and oxygen atoms in total. The lowest BCUT2D eigenvalue weighted by molar-refractivity contribution is -0.129. The zero-order valence-electron chi connectivity index (χ0n) is 9.93. The number of carbonyl (C=O) groups excluding carboxylic acids is 1. The van der Waals surface area contributed by atoms with Crippen molar-refractivity contribution in [3.05, 3.63) is 47.0 Å². The Hall–Kier alpha value is -1.88. The van der Waals surface area contributed by atoms with E-state index in [4.69, 9.17) is 11.6 Å². The Morgan fingerprint density at radius 1 is 1.50 bits per heavy atom. The molecule has 0 atom stereocenters. The van der Waals surface area contributed by atoms with Gasteiger partial charge < -0.3 is 4.90 Å². The molecule has 2 rings (SSSR count). The van der Waals surface area contributed by atoms with Gasteiger partial charge in [-0.05, 0) is 17.7 Å². The van der Waals surface area contributed by atoms with E-state index in [1.807, 2.05) is 12.1 Å². The first-order chi connectivity index (χ1) is 8.65. The molecule has 0 aliphatic heterocycles. The summed E-state index contributed by atoms with van der Waals surface area (Å²) in [6.07, 6.45) is 1.75. The van der Waals surface area contributed by atoms with Crippen molar-refractivity contribution in [2.75, 3.05) is 7.05 Å². The van der Waals surface area contributed by atoms with Crippen LogP contribution in [0.1, 0.15) is 11.4 Å². The number of nitrogens with one attached hydrogen (secondary N) is 1. The van der Waals surface area contributed by atoms with Crippen LogP contribution in [-0.4, -0.2) is 33.0 Å². The highest BCUT2D eigenvalue weighted by Crippen LogP contribution is 2.12. The Morgan fingerprint density at radius 2 is 2.33 bits per heavy atom. The van der Waals surface area contributed by atoms with Crippen molar-refractivity contribution >= 4 is 17.5 Å². The molecule has 0 aliphatic rings. The van der Waals surface area contributed by atoms with Crippen LogP contribution in [0, 0.1) is 0 Å². The minimum atomic E-state index is 0.00802. The maximum absolute atomic E-state index is 12.0. The molecule has 0 saturated carbocycles. The van der Waals surface area contributed by atoms with Crippen LogP contribution in [0.4, 0.5) is 0 Å². The first-order valence-corrected chi connectivity index (χ1v) is 5.85. The standard InChI is InChI=1S/C12H13ClN4O/c1-17(7-11-14-8-15-16-11)12(18)6-9-3-2-4-10(13)5-9/h2-5,8H,6-7H2,1H3,(H,14,15,16). The molecule has 0 spiro atoms. The molecular formula is C12H13ClN4O. The van der Waals surface area contributed by atoms with E-state index in [9.17, 15) is 4.79 Å². The SMILES string of the molecule is CN(Cc1ncn[nH]1)C(=O)Cc1cccc(Cl)c1. The van der Waals surface area contributed by atoms with Crippen molar-refractivity contribution in [3.63, 3.8) is 0 Å². The minimum absolute atomic E-state index is 0.00802. The predicted molar refractivity (Wildman–Crippen MR) is 68.0 cm³/mol. The molecule has 0 fully saturated rings. The molecule has 1 aromatic heterocycles. The number of likely N-dealkylation sites (N-methyl/N-ethyl adjacent to an activating group) is 1. The second-order valence-corrected chi connectivity index (χ2v) is 4.43. The number of halogens is 1. The van der Waals surface area contributed by atoms with Crippen molar-refractivity contribution < 1.29 is 4.79 Å². The average molecular weight is 265 g/mol. The van der Waals surface area contributed by atoms with E-state index < -0.39 is 0 Å². The van der Waals surface area contributed by atoms with Crippen LogP contribution in [0.25, 0.3) is 0 Å². The lowest BCUT2D eigenvalue weighted by Crippen LogP contribution is -2.28. The molecule has 18 heavy (non-hydrogen) atoms. The third kappa shape index (κ3) is 3.30. The fraction of sp³-hybridized carbons (Fsp3) is 0.250. The average Bonchev–Trinajstić information content (AvgIpc) is 2.81. The monoisotopic (exact) mass is 264 g/mol. The van der Waals surface area contributed by atoms with Gasteiger partial charge >= 0.3 is 0 Å². The molecule has 0 aliphatic carbocycles. The van der Waals surface area contributed by atoms with Crippen LogP contribution < -0.4 is 0 Å². The number of nitrogens with zero attached hydrogens (tertiary/aromatic N) is 3. The predicted octanol–water partition coefficient (Wildman–Crippen LogP) is 1.66. The zero-order chi connectivity index (χ0) is 13.0. The summed E-state index contributed by atoms with van der Waals surface area (Å²) in [5, 5.41) is 7.10.